The summed E-state index contributed by atoms with van der Waals surface area (Å²) in [5.74, 6) is 0.359. The van der Waals surface area contributed by atoms with Crippen LogP contribution in [0.2, 0.25) is 5.02 Å². The summed E-state index contributed by atoms with van der Waals surface area (Å²) in [5.41, 5.74) is 2.32. The summed E-state index contributed by atoms with van der Waals surface area (Å²) in [7, 11) is 0. The monoisotopic (exact) mass is 360 g/mol. The van der Waals surface area contributed by atoms with Crippen molar-refractivity contribution in [3.8, 4) is 5.75 Å². The highest BCUT2D eigenvalue weighted by atomic mass is 35.5. The first-order chi connectivity index (χ1) is 11.9. The normalized spacial score (nSPS) is 14.1. The van der Waals surface area contributed by atoms with E-state index in [0.29, 0.717) is 29.4 Å². The van der Waals surface area contributed by atoms with Crippen LogP contribution < -0.4 is 9.64 Å². The Morgan fingerprint density at radius 3 is 2.76 bits per heavy atom. The number of fused-ring (bicyclic) bond motifs is 1. The van der Waals surface area contributed by atoms with Gasteiger partial charge in [0, 0.05) is 23.7 Å². The SMILES string of the molecule is Cc1cc(Cl)ccc1OC(C)C(=O)N1CCc2ccc([N+](=O)[O-])cc21. The fourth-order valence-electron chi connectivity index (χ4n) is 2.92. The summed E-state index contributed by atoms with van der Waals surface area (Å²) >= 11 is 5.93. The molecule has 2 aromatic rings. The van der Waals surface area contributed by atoms with Crippen LogP contribution in [0.15, 0.2) is 36.4 Å². The average Bonchev–Trinajstić information content (AvgIpc) is 2.99. The zero-order chi connectivity index (χ0) is 18.1. The Morgan fingerprint density at radius 2 is 2.08 bits per heavy atom. The number of hydrogen-bond acceptors (Lipinski definition) is 4. The van der Waals surface area contributed by atoms with Gasteiger partial charge in [0.1, 0.15) is 5.75 Å². The molecule has 0 N–H and O–H groups in total. The summed E-state index contributed by atoms with van der Waals surface area (Å²) in [6.45, 7) is 4.02. The molecule has 6 nitrogen and oxygen atoms in total. The van der Waals surface area contributed by atoms with Gasteiger partial charge < -0.3 is 9.64 Å². The number of aryl methyl sites for hydroxylation is 1. The molecule has 130 valence electrons. The number of rotatable bonds is 4. The smallest absolute Gasteiger partial charge is 0.271 e. The first kappa shape index (κ1) is 17.2. The van der Waals surface area contributed by atoms with E-state index in [2.05, 4.69) is 0 Å². The third-order valence-corrected chi connectivity index (χ3v) is 4.46. The van der Waals surface area contributed by atoms with Gasteiger partial charge in [0.15, 0.2) is 6.10 Å². The van der Waals surface area contributed by atoms with E-state index < -0.39 is 11.0 Å². The van der Waals surface area contributed by atoms with Crippen LogP contribution in [0.3, 0.4) is 0 Å². The Labute approximate surface area is 150 Å². The number of nitro groups is 1. The number of nitrogens with zero attached hydrogens (tertiary/aromatic N) is 2. The second kappa shape index (κ2) is 6.72. The predicted octanol–water partition coefficient (Wildman–Crippen LogP) is 3.91. The summed E-state index contributed by atoms with van der Waals surface area (Å²) in [6.07, 6.45) is -0.0451. The number of non-ortho nitro benzene ring substituents is 1. The van der Waals surface area contributed by atoms with Crippen molar-refractivity contribution in [3.63, 3.8) is 0 Å². The number of nitro benzene ring substituents is 1. The third-order valence-electron chi connectivity index (χ3n) is 4.23. The van der Waals surface area contributed by atoms with E-state index in [1.807, 2.05) is 6.92 Å². The molecular formula is C18H17ClN2O4. The summed E-state index contributed by atoms with van der Waals surface area (Å²) in [4.78, 5) is 24.9. The van der Waals surface area contributed by atoms with Crippen LogP contribution in [0, 0.1) is 17.0 Å². The minimum atomic E-state index is -0.718. The summed E-state index contributed by atoms with van der Waals surface area (Å²) in [6, 6.07) is 9.81. The lowest BCUT2D eigenvalue weighted by molar-refractivity contribution is -0.384. The molecule has 25 heavy (non-hydrogen) atoms. The largest absolute Gasteiger partial charge is 0.481 e. The maximum Gasteiger partial charge on any atom is 0.271 e. The molecule has 1 atom stereocenters. The third kappa shape index (κ3) is 3.44. The van der Waals surface area contributed by atoms with E-state index in [0.717, 1.165) is 11.1 Å². The van der Waals surface area contributed by atoms with Crippen LogP contribution in [0.5, 0.6) is 5.75 Å². The van der Waals surface area contributed by atoms with E-state index in [-0.39, 0.29) is 11.6 Å². The van der Waals surface area contributed by atoms with Gasteiger partial charge in [0.05, 0.1) is 10.6 Å². The number of carbonyl (C=O) groups excluding carboxylic acids is 1. The molecule has 1 unspecified atom stereocenters. The molecule has 0 aliphatic carbocycles. The van der Waals surface area contributed by atoms with E-state index in [1.54, 1.807) is 36.1 Å². The highest BCUT2D eigenvalue weighted by Gasteiger charge is 2.30. The molecule has 2 aromatic carbocycles. The average molecular weight is 361 g/mol. The highest BCUT2D eigenvalue weighted by molar-refractivity contribution is 6.30. The van der Waals surface area contributed by atoms with Gasteiger partial charge in [-0.1, -0.05) is 17.7 Å². The van der Waals surface area contributed by atoms with Crippen molar-refractivity contribution >= 4 is 28.9 Å². The van der Waals surface area contributed by atoms with Crippen LogP contribution in [0.25, 0.3) is 0 Å². The Kier molecular flexibility index (Phi) is 4.63. The van der Waals surface area contributed by atoms with Gasteiger partial charge >= 0.3 is 0 Å². The number of halogens is 1. The fraction of sp³-hybridized carbons (Fsp3) is 0.278. The number of ether oxygens (including phenoxy) is 1. The van der Waals surface area contributed by atoms with Crippen LogP contribution >= 0.6 is 11.6 Å². The minimum Gasteiger partial charge on any atom is -0.481 e. The first-order valence-electron chi connectivity index (χ1n) is 7.88. The maximum absolute atomic E-state index is 12.8. The predicted molar refractivity (Wildman–Crippen MR) is 95.4 cm³/mol. The fourth-order valence-corrected chi connectivity index (χ4v) is 3.14. The quantitative estimate of drug-likeness (QED) is 0.612. The maximum atomic E-state index is 12.8. The van der Waals surface area contributed by atoms with Crippen molar-refractivity contribution in [2.45, 2.75) is 26.4 Å². The topological polar surface area (TPSA) is 72.7 Å². The second-order valence-electron chi connectivity index (χ2n) is 5.98. The van der Waals surface area contributed by atoms with Crippen molar-refractivity contribution < 1.29 is 14.5 Å². The molecule has 0 spiro atoms. The van der Waals surface area contributed by atoms with Gasteiger partial charge in [-0.3, -0.25) is 14.9 Å². The summed E-state index contributed by atoms with van der Waals surface area (Å²) < 4.78 is 5.78. The lowest BCUT2D eigenvalue weighted by Crippen LogP contribution is -2.39. The molecule has 7 heteroatoms. The van der Waals surface area contributed by atoms with Crippen molar-refractivity contribution in [1.29, 1.82) is 0 Å². The number of anilines is 1. The molecule has 0 saturated carbocycles. The van der Waals surface area contributed by atoms with Gasteiger partial charge in [0.25, 0.3) is 11.6 Å². The molecule has 0 saturated heterocycles. The Morgan fingerprint density at radius 1 is 1.32 bits per heavy atom. The molecule has 1 aliphatic rings. The van der Waals surface area contributed by atoms with Crippen LogP contribution in [0.1, 0.15) is 18.1 Å². The minimum absolute atomic E-state index is 0.0273. The molecule has 1 amide bonds. The molecule has 3 rings (SSSR count). The van der Waals surface area contributed by atoms with Crippen molar-refractivity contribution in [3.05, 3.63) is 62.7 Å². The molecule has 0 fully saturated rings. The van der Waals surface area contributed by atoms with E-state index >= 15 is 0 Å². The number of hydrogen-bond donors (Lipinski definition) is 0. The standard InChI is InChI=1S/C18H17ClN2O4/c1-11-9-14(19)4-6-17(11)25-12(2)18(22)20-8-7-13-3-5-15(21(23)24)10-16(13)20/h3-6,9-10,12H,7-8H2,1-2H3. The summed E-state index contributed by atoms with van der Waals surface area (Å²) in [5, 5.41) is 11.6. The van der Waals surface area contributed by atoms with Gasteiger partial charge in [-0.05, 0) is 49.6 Å². The first-order valence-corrected chi connectivity index (χ1v) is 8.26. The van der Waals surface area contributed by atoms with Gasteiger partial charge in [-0.25, -0.2) is 0 Å². The number of benzene rings is 2. The van der Waals surface area contributed by atoms with Gasteiger partial charge in [-0.15, -0.1) is 0 Å². The van der Waals surface area contributed by atoms with Crippen molar-refractivity contribution in [2.24, 2.45) is 0 Å². The van der Waals surface area contributed by atoms with Crippen LogP contribution in [0.4, 0.5) is 11.4 Å². The van der Waals surface area contributed by atoms with E-state index in [9.17, 15) is 14.9 Å². The molecule has 0 aromatic heterocycles. The van der Waals surface area contributed by atoms with Gasteiger partial charge in [0.2, 0.25) is 0 Å². The molecule has 1 heterocycles. The van der Waals surface area contributed by atoms with Gasteiger partial charge in [-0.2, -0.15) is 0 Å². The van der Waals surface area contributed by atoms with Crippen molar-refractivity contribution in [2.75, 3.05) is 11.4 Å². The van der Waals surface area contributed by atoms with Crippen molar-refractivity contribution in [1.82, 2.24) is 0 Å². The zero-order valence-corrected chi connectivity index (χ0v) is 14.6. The zero-order valence-electron chi connectivity index (χ0n) is 13.9. The Bertz CT molecular complexity index is 853. The molecule has 1 aliphatic heterocycles. The number of carbonyl (C=O) groups is 1. The van der Waals surface area contributed by atoms with Crippen LogP contribution in [-0.2, 0) is 11.2 Å². The molecule has 0 bridgehead atoms. The number of amides is 1. The van der Waals surface area contributed by atoms with E-state index in [1.165, 1.54) is 12.1 Å². The Hall–Kier alpha value is -2.60. The molecule has 0 radical (unpaired) electrons. The van der Waals surface area contributed by atoms with Crippen LogP contribution in [-0.4, -0.2) is 23.5 Å². The lowest BCUT2D eigenvalue weighted by Gasteiger charge is -2.23. The van der Waals surface area contributed by atoms with E-state index in [4.69, 9.17) is 16.3 Å². The molecular weight excluding hydrogens is 344 g/mol. The lowest BCUT2D eigenvalue weighted by atomic mass is 10.1. The second-order valence-corrected chi connectivity index (χ2v) is 6.42. The Balaban J connectivity index is 1.80. The highest BCUT2D eigenvalue weighted by Crippen LogP contribution is 2.32.